The van der Waals surface area contributed by atoms with Gasteiger partial charge in [-0.3, -0.25) is 0 Å². The second-order valence-electron chi connectivity index (χ2n) is 5.40. The van der Waals surface area contributed by atoms with E-state index in [-0.39, 0.29) is 0 Å². The fourth-order valence-electron chi connectivity index (χ4n) is 2.25. The Kier molecular flexibility index (Phi) is 5.72. The number of aryl methyl sites for hydroxylation is 3. The number of anilines is 3. The Morgan fingerprint density at radius 3 is 2.55 bits per heavy atom. The van der Waals surface area contributed by atoms with Crippen LogP contribution in [0.25, 0.3) is 0 Å². The molecule has 5 nitrogen and oxygen atoms in total. The lowest BCUT2D eigenvalue weighted by Gasteiger charge is -2.12. The molecule has 2 rings (SSSR count). The lowest BCUT2D eigenvalue weighted by Crippen LogP contribution is -2.08. The molecule has 5 heteroatoms. The zero-order chi connectivity index (χ0) is 15.9. The van der Waals surface area contributed by atoms with E-state index in [1.54, 1.807) is 7.11 Å². The number of nitrogens with one attached hydrogen (secondary N) is 2. The lowest BCUT2D eigenvalue weighted by molar-refractivity contribution is 0.198. The van der Waals surface area contributed by atoms with Gasteiger partial charge in [0.1, 0.15) is 17.5 Å². The highest BCUT2D eigenvalue weighted by Gasteiger charge is 2.04. The van der Waals surface area contributed by atoms with Gasteiger partial charge in [0, 0.05) is 32.0 Å². The van der Waals surface area contributed by atoms with Gasteiger partial charge >= 0.3 is 0 Å². The van der Waals surface area contributed by atoms with E-state index in [9.17, 15) is 0 Å². The predicted octanol–water partition coefficient (Wildman–Crippen LogP) is 3.59. The van der Waals surface area contributed by atoms with E-state index in [0.29, 0.717) is 0 Å². The highest BCUT2D eigenvalue weighted by molar-refractivity contribution is 5.62. The number of hydrogen-bond acceptors (Lipinski definition) is 5. The zero-order valence-electron chi connectivity index (χ0n) is 13.7. The number of methoxy groups -OCH3 is 1. The summed E-state index contributed by atoms with van der Waals surface area (Å²) in [5, 5.41) is 6.67. The van der Waals surface area contributed by atoms with Crippen LogP contribution < -0.4 is 10.6 Å². The first kappa shape index (κ1) is 16.2. The van der Waals surface area contributed by atoms with Gasteiger partial charge in [-0.1, -0.05) is 17.7 Å². The molecule has 1 heterocycles. The fourth-order valence-corrected chi connectivity index (χ4v) is 2.25. The van der Waals surface area contributed by atoms with Gasteiger partial charge in [-0.2, -0.15) is 0 Å². The molecular formula is C17H24N4O. The van der Waals surface area contributed by atoms with Crippen LogP contribution in [0.5, 0.6) is 0 Å². The molecule has 0 spiro atoms. The smallest absolute Gasteiger partial charge is 0.136 e. The topological polar surface area (TPSA) is 59.1 Å². The number of nitrogens with zero attached hydrogens (tertiary/aromatic N) is 2. The van der Waals surface area contributed by atoms with Crippen LogP contribution in [0.1, 0.15) is 23.4 Å². The normalized spacial score (nSPS) is 10.5. The molecule has 0 saturated carbocycles. The van der Waals surface area contributed by atoms with Gasteiger partial charge < -0.3 is 15.4 Å². The van der Waals surface area contributed by atoms with Crippen LogP contribution in [-0.4, -0.2) is 30.2 Å². The first-order chi connectivity index (χ1) is 10.6. The van der Waals surface area contributed by atoms with Crippen molar-refractivity contribution < 1.29 is 4.74 Å². The van der Waals surface area contributed by atoms with Crippen molar-refractivity contribution in [2.24, 2.45) is 0 Å². The Labute approximate surface area is 132 Å². The Morgan fingerprint density at radius 1 is 1.05 bits per heavy atom. The molecule has 1 aromatic heterocycles. The molecule has 0 unspecified atom stereocenters. The number of benzene rings is 1. The number of rotatable bonds is 7. The van der Waals surface area contributed by atoms with E-state index >= 15 is 0 Å². The summed E-state index contributed by atoms with van der Waals surface area (Å²) in [7, 11) is 1.71. The molecule has 0 aliphatic carbocycles. The molecule has 0 aliphatic rings. The molecule has 0 radical (unpaired) electrons. The molecule has 118 valence electrons. The molecule has 0 aliphatic heterocycles. The van der Waals surface area contributed by atoms with Crippen molar-refractivity contribution in [1.82, 2.24) is 9.97 Å². The highest BCUT2D eigenvalue weighted by Crippen LogP contribution is 2.21. The maximum atomic E-state index is 5.04. The molecule has 0 fully saturated rings. The summed E-state index contributed by atoms with van der Waals surface area (Å²) in [5.41, 5.74) is 3.52. The van der Waals surface area contributed by atoms with Crippen LogP contribution >= 0.6 is 0 Å². The molecule has 0 bridgehead atoms. The molecule has 2 aromatic rings. The quantitative estimate of drug-likeness (QED) is 0.765. The SMILES string of the molecule is COCCCNc1cc(Nc2ccc(C)cc2C)nc(C)n1. The molecular weight excluding hydrogens is 276 g/mol. The number of ether oxygens (including phenoxy) is 1. The van der Waals surface area contributed by atoms with Gasteiger partial charge in [0.2, 0.25) is 0 Å². The number of aromatic nitrogens is 2. The Bertz CT molecular complexity index is 628. The maximum Gasteiger partial charge on any atom is 0.136 e. The van der Waals surface area contributed by atoms with Crippen molar-refractivity contribution in [1.29, 1.82) is 0 Å². The third-order valence-corrected chi connectivity index (χ3v) is 3.31. The summed E-state index contributed by atoms with van der Waals surface area (Å²) < 4.78 is 5.04. The van der Waals surface area contributed by atoms with Crippen LogP contribution in [0, 0.1) is 20.8 Å². The third kappa shape index (κ3) is 4.70. The molecule has 22 heavy (non-hydrogen) atoms. The molecule has 0 atom stereocenters. The summed E-state index contributed by atoms with van der Waals surface area (Å²) in [6.07, 6.45) is 0.944. The van der Waals surface area contributed by atoms with Gasteiger partial charge in [-0.15, -0.1) is 0 Å². The minimum absolute atomic E-state index is 0.740. The van der Waals surface area contributed by atoms with E-state index < -0.39 is 0 Å². The largest absolute Gasteiger partial charge is 0.385 e. The average Bonchev–Trinajstić information content (AvgIpc) is 2.46. The van der Waals surface area contributed by atoms with Gasteiger partial charge in [0.05, 0.1) is 0 Å². The summed E-state index contributed by atoms with van der Waals surface area (Å²) in [6.45, 7) is 7.65. The summed E-state index contributed by atoms with van der Waals surface area (Å²) in [5.74, 6) is 2.37. The zero-order valence-corrected chi connectivity index (χ0v) is 13.7. The third-order valence-electron chi connectivity index (χ3n) is 3.31. The van der Waals surface area contributed by atoms with Gasteiger partial charge in [0.25, 0.3) is 0 Å². The first-order valence-corrected chi connectivity index (χ1v) is 7.51. The Balaban J connectivity index is 2.08. The van der Waals surface area contributed by atoms with E-state index in [4.69, 9.17) is 4.74 Å². The Hall–Kier alpha value is -2.14. The minimum Gasteiger partial charge on any atom is -0.385 e. The van der Waals surface area contributed by atoms with Crippen LogP contribution in [0.4, 0.5) is 17.3 Å². The lowest BCUT2D eigenvalue weighted by atomic mass is 10.1. The number of hydrogen-bond donors (Lipinski definition) is 2. The van der Waals surface area contributed by atoms with E-state index in [1.165, 1.54) is 11.1 Å². The monoisotopic (exact) mass is 300 g/mol. The molecule has 1 aromatic carbocycles. The van der Waals surface area contributed by atoms with Crippen LogP contribution in [0.3, 0.4) is 0 Å². The average molecular weight is 300 g/mol. The highest BCUT2D eigenvalue weighted by atomic mass is 16.5. The summed E-state index contributed by atoms with van der Waals surface area (Å²) >= 11 is 0. The van der Waals surface area contributed by atoms with Crippen LogP contribution in [0.15, 0.2) is 24.3 Å². The van der Waals surface area contributed by atoms with Crippen molar-refractivity contribution >= 4 is 17.3 Å². The predicted molar refractivity (Wildman–Crippen MR) is 91.0 cm³/mol. The van der Waals surface area contributed by atoms with Crippen LogP contribution in [-0.2, 0) is 4.74 Å². The fraction of sp³-hybridized carbons (Fsp3) is 0.412. The Morgan fingerprint density at radius 2 is 1.82 bits per heavy atom. The van der Waals surface area contributed by atoms with E-state index in [2.05, 4.69) is 52.6 Å². The second kappa shape index (κ2) is 7.75. The minimum atomic E-state index is 0.740. The van der Waals surface area contributed by atoms with Crippen molar-refractivity contribution in [3.8, 4) is 0 Å². The van der Waals surface area contributed by atoms with Crippen molar-refractivity contribution in [3.63, 3.8) is 0 Å². The first-order valence-electron chi connectivity index (χ1n) is 7.51. The van der Waals surface area contributed by atoms with Gasteiger partial charge in [-0.25, -0.2) is 9.97 Å². The van der Waals surface area contributed by atoms with E-state index in [1.807, 2.05) is 13.0 Å². The van der Waals surface area contributed by atoms with E-state index in [0.717, 1.165) is 42.7 Å². The summed E-state index contributed by atoms with van der Waals surface area (Å²) in [6, 6.07) is 8.25. The molecule has 0 saturated heterocycles. The molecule has 0 amide bonds. The maximum absolute atomic E-state index is 5.04. The van der Waals surface area contributed by atoms with Crippen molar-refractivity contribution in [2.75, 3.05) is 30.9 Å². The van der Waals surface area contributed by atoms with Crippen LogP contribution in [0.2, 0.25) is 0 Å². The van der Waals surface area contributed by atoms with Gasteiger partial charge in [0.15, 0.2) is 0 Å². The second-order valence-corrected chi connectivity index (χ2v) is 5.40. The van der Waals surface area contributed by atoms with Gasteiger partial charge in [-0.05, 0) is 38.8 Å². The molecule has 2 N–H and O–H groups in total. The van der Waals surface area contributed by atoms with Crippen molar-refractivity contribution in [2.45, 2.75) is 27.2 Å². The summed E-state index contributed by atoms with van der Waals surface area (Å²) in [4.78, 5) is 8.86. The van der Waals surface area contributed by atoms with Crippen molar-refractivity contribution in [3.05, 3.63) is 41.2 Å². The standard InChI is InChI=1S/C17H24N4O/c1-12-6-7-15(13(2)10-12)21-17-11-16(19-14(3)20-17)18-8-5-9-22-4/h6-7,10-11H,5,8-9H2,1-4H3,(H2,18,19,20,21).